The molecule has 90 valence electrons. The van der Waals surface area contributed by atoms with E-state index in [4.69, 9.17) is 0 Å². The maximum absolute atomic E-state index is 12.1. The number of rotatable bonds is 5. The Hall–Kier alpha value is -1.33. The van der Waals surface area contributed by atoms with Gasteiger partial charge in [-0.3, -0.25) is 9.48 Å². The van der Waals surface area contributed by atoms with E-state index in [0.29, 0.717) is 18.5 Å². The first-order chi connectivity index (χ1) is 7.42. The molecule has 1 aromatic heterocycles. The van der Waals surface area contributed by atoms with Crippen LogP contribution in [0.15, 0.2) is 12.3 Å². The minimum Gasteiger partial charge on any atom is -0.300 e. The lowest BCUT2D eigenvalue weighted by atomic mass is 10.1. The quantitative estimate of drug-likeness (QED) is 0.783. The monoisotopic (exact) mass is 234 g/mol. The van der Waals surface area contributed by atoms with Crippen molar-refractivity contribution >= 4 is 5.78 Å². The largest absolute Gasteiger partial charge is 0.408 e. The summed E-state index contributed by atoms with van der Waals surface area (Å²) in [6.45, 7) is 0.630. The highest BCUT2D eigenvalue weighted by atomic mass is 19.4. The third-order valence-corrected chi connectivity index (χ3v) is 2.19. The molecule has 0 amide bonds. The average molecular weight is 234 g/mol. The van der Waals surface area contributed by atoms with E-state index in [-0.39, 0.29) is 12.2 Å². The number of hydrogen-bond donors (Lipinski definition) is 0. The number of carbonyl (C=O) groups is 1. The third-order valence-electron chi connectivity index (χ3n) is 2.19. The van der Waals surface area contributed by atoms with Crippen molar-refractivity contribution in [3.8, 4) is 0 Å². The Labute approximate surface area is 91.3 Å². The van der Waals surface area contributed by atoms with Gasteiger partial charge in [-0.15, -0.1) is 0 Å². The number of hydrogen-bond acceptors (Lipinski definition) is 2. The van der Waals surface area contributed by atoms with Gasteiger partial charge in [-0.1, -0.05) is 6.92 Å². The standard InChI is InChI=1S/C10H13F3N2O/c1-2-9(16)4-3-8-5-6-14-15(8)7-10(11,12)13/h5-6H,2-4,7H2,1H3. The van der Waals surface area contributed by atoms with E-state index in [2.05, 4.69) is 5.10 Å². The molecular weight excluding hydrogens is 221 g/mol. The van der Waals surface area contributed by atoms with Crippen molar-refractivity contribution < 1.29 is 18.0 Å². The summed E-state index contributed by atoms with van der Waals surface area (Å²) in [5, 5.41) is 3.59. The van der Waals surface area contributed by atoms with Crippen LogP contribution < -0.4 is 0 Å². The predicted octanol–water partition coefficient (Wildman–Crippen LogP) is 2.36. The fourth-order valence-corrected chi connectivity index (χ4v) is 1.33. The molecule has 0 saturated carbocycles. The number of nitrogens with zero attached hydrogens (tertiary/aromatic N) is 2. The molecule has 0 bridgehead atoms. The number of halogens is 3. The van der Waals surface area contributed by atoms with Crippen molar-refractivity contribution in [1.29, 1.82) is 0 Å². The summed E-state index contributed by atoms with van der Waals surface area (Å²) in [5.41, 5.74) is 0.444. The topological polar surface area (TPSA) is 34.9 Å². The van der Waals surface area contributed by atoms with Gasteiger partial charge >= 0.3 is 6.18 Å². The van der Waals surface area contributed by atoms with Gasteiger partial charge in [0.2, 0.25) is 0 Å². The number of Topliss-reactive ketones (excluding diaryl/α,β-unsaturated/α-hetero) is 1. The van der Waals surface area contributed by atoms with Crippen LogP contribution in [0.4, 0.5) is 13.2 Å². The van der Waals surface area contributed by atoms with Crippen LogP contribution in [0.2, 0.25) is 0 Å². The highest BCUT2D eigenvalue weighted by Crippen LogP contribution is 2.18. The van der Waals surface area contributed by atoms with Gasteiger partial charge in [-0.05, 0) is 12.5 Å². The summed E-state index contributed by atoms with van der Waals surface area (Å²) in [6.07, 6.45) is -1.98. The molecule has 0 fully saturated rings. The SMILES string of the molecule is CCC(=O)CCc1ccnn1CC(F)(F)F. The normalized spacial score (nSPS) is 11.8. The van der Waals surface area contributed by atoms with E-state index in [0.717, 1.165) is 4.68 Å². The van der Waals surface area contributed by atoms with E-state index in [1.807, 2.05) is 0 Å². The smallest absolute Gasteiger partial charge is 0.300 e. The van der Waals surface area contributed by atoms with Crippen LogP contribution in [0.3, 0.4) is 0 Å². The zero-order valence-electron chi connectivity index (χ0n) is 8.92. The van der Waals surface area contributed by atoms with E-state index in [1.165, 1.54) is 12.3 Å². The molecule has 0 aliphatic carbocycles. The number of ketones is 1. The van der Waals surface area contributed by atoms with Crippen LogP contribution >= 0.6 is 0 Å². The van der Waals surface area contributed by atoms with Crippen molar-refractivity contribution in [1.82, 2.24) is 9.78 Å². The second-order valence-electron chi connectivity index (χ2n) is 3.49. The van der Waals surface area contributed by atoms with Crippen LogP contribution in [0, 0.1) is 0 Å². The lowest BCUT2D eigenvalue weighted by molar-refractivity contribution is -0.143. The van der Waals surface area contributed by atoms with Crippen molar-refractivity contribution in [2.45, 2.75) is 38.9 Å². The summed E-state index contributed by atoms with van der Waals surface area (Å²) in [6, 6.07) is 1.51. The van der Waals surface area contributed by atoms with E-state index in [9.17, 15) is 18.0 Å². The molecule has 6 heteroatoms. The number of aryl methyl sites for hydroxylation is 1. The molecule has 0 unspecified atom stereocenters. The molecule has 0 radical (unpaired) electrons. The van der Waals surface area contributed by atoms with Crippen molar-refractivity contribution in [3.63, 3.8) is 0 Å². The fraction of sp³-hybridized carbons (Fsp3) is 0.600. The molecule has 0 aliphatic rings. The van der Waals surface area contributed by atoms with Gasteiger partial charge in [0, 0.05) is 24.7 Å². The Morgan fingerprint density at radius 2 is 2.19 bits per heavy atom. The molecule has 0 N–H and O–H groups in total. The first kappa shape index (κ1) is 12.7. The zero-order chi connectivity index (χ0) is 12.2. The fourth-order valence-electron chi connectivity index (χ4n) is 1.33. The van der Waals surface area contributed by atoms with Crippen LogP contribution in [0.1, 0.15) is 25.5 Å². The van der Waals surface area contributed by atoms with Crippen molar-refractivity contribution in [2.75, 3.05) is 0 Å². The highest BCUT2D eigenvalue weighted by molar-refractivity contribution is 5.78. The van der Waals surface area contributed by atoms with Crippen LogP contribution in [-0.2, 0) is 17.8 Å². The van der Waals surface area contributed by atoms with Gasteiger partial charge in [0.25, 0.3) is 0 Å². The molecule has 1 aromatic rings. The van der Waals surface area contributed by atoms with Gasteiger partial charge in [0.1, 0.15) is 12.3 Å². The lowest BCUT2D eigenvalue weighted by Crippen LogP contribution is -2.20. The molecule has 0 spiro atoms. The first-order valence-corrected chi connectivity index (χ1v) is 5.01. The predicted molar refractivity (Wildman–Crippen MR) is 51.9 cm³/mol. The number of aromatic nitrogens is 2. The molecule has 0 aliphatic heterocycles. The molecular formula is C10H13F3N2O. The highest BCUT2D eigenvalue weighted by Gasteiger charge is 2.29. The summed E-state index contributed by atoms with van der Waals surface area (Å²) in [4.78, 5) is 11.1. The second-order valence-corrected chi connectivity index (χ2v) is 3.49. The van der Waals surface area contributed by atoms with Crippen LogP contribution in [-0.4, -0.2) is 21.7 Å². The Balaban J connectivity index is 2.60. The Morgan fingerprint density at radius 3 is 2.75 bits per heavy atom. The van der Waals surface area contributed by atoms with Crippen LogP contribution in [0.5, 0.6) is 0 Å². The molecule has 1 rings (SSSR count). The number of carbonyl (C=O) groups excluding carboxylic acids is 1. The van der Waals surface area contributed by atoms with Gasteiger partial charge in [0.15, 0.2) is 0 Å². The van der Waals surface area contributed by atoms with Crippen LogP contribution in [0.25, 0.3) is 0 Å². The van der Waals surface area contributed by atoms with E-state index < -0.39 is 12.7 Å². The molecule has 3 nitrogen and oxygen atoms in total. The maximum atomic E-state index is 12.1. The molecule has 0 aromatic carbocycles. The summed E-state index contributed by atoms with van der Waals surface area (Å²) < 4.78 is 37.3. The third kappa shape index (κ3) is 4.04. The van der Waals surface area contributed by atoms with Gasteiger partial charge in [-0.2, -0.15) is 18.3 Å². The minimum atomic E-state index is -4.28. The Kier molecular flexibility index (Phi) is 4.09. The maximum Gasteiger partial charge on any atom is 0.408 e. The lowest BCUT2D eigenvalue weighted by Gasteiger charge is -2.09. The summed E-state index contributed by atoms with van der Waals surface area (Å²) in [5.74, 6) is 0.0414. The van der Waals surface area contributed by atoms with Crippen molar-refractivity contribution in [2.24, 2.45) is 0 Å². The van der Waals surface area contributed by atoms with Gasteiger partial charge in [-0.25, -0.2) is 0 Å². The van der Waals surface area contributed by atoms with E-state index >= 15 is 0 Å². The molecule has 1 heterocycles. The summed E-state index contributed by atoms with van der Waals surface area (Å²) in [7, 11) is 0. The minimum absolute atomic E-state index is 0.0414. The Bertz CT molecular complexity index is 357. The molecule has 16 heavy (non-hydrogen) atoms. The zero-order valence-corrected chi connectivity index (χ0v) is 8.92. The van der Waals surface area contributed by atoms with Crippen molar-refractivity contribution in [3.05, 3.63) is 18.0 Å². The van der Waals surface area contributed by atoms with Gasteiger partial charge in [0.05, 0.1) is 0 Å². The molecule has 0 saturated heterocycles. The van der Waals surface area contributed by atoms with Gasteiger partial charge < -0.3 is 0 Å². The number of alkyl halides is 3. The summed E-state index contributed by atoms with van der Waals surface area (Å²) >= 11 is 0. The van der Waals surface area contributed by atoms with E-state index in [1.54, 1.807) is 6.92 Å². The Morgan fingerprint density at radius 1 is 1.50 bits per heavy atom. The molecule has 0 atom stereocenters. The second kappa shape index (κ2) is 5.14. The first-order valence-electron chi connectivity index (χ1n) is 5.01. The average Bonchev–Trinajstić information content (AvgIpc) is 2.59.